The van der Waals surface area contributed by atoms with Crippen LogP contribution in [-0.2, 0) is 25.4 Å². The fourth-order valence-electron chi connectivity index (χ4n) is 3.79. The highest BCUT2D eigenvalue weighted by atomic mass is 16.6. The van der Waals surface area contributed by atoms with Crippen molar-refractivity contribution in [3.8, 4) is 0 Å². The number of amides is 4. The molecule has 0 saturated heterocycles. The molecular formula is C34H49N5O7. The Hall–Kier alpha value is -4.61. The van der Waals surface area contributed by atoms with Crippen molar-refractivity contribution >= 4 is 41.5 Å². The Morgan fingerprint density at radius 3 is 1.57 bits per heavy atom. The van der Waals surface area contributed by atoms with Crippen molar-refractivity contribution in [3.05, 3.63) is 59.7 Å². The minimum absolute atomic E-state index is 0.0946. The van der Waals surface area contributed by atoms with Crippen LogP contribution in [0.25, 0.3) is 0 Å². The van der Waals surface area contributed by atoms with Gasteiger partial charge in [-0.2, -0.15) is 0 Å². The average Bonchev–Trinajstić information content (AvgIpc) is 2.87. The molecule has 2 aromatic rings. The Morgan fingerprint density at radius 2 is 1.09 bits per heavy atom. The van der Waals surface area contributed by atoms with Crippen LogP contribution in [0.5, 0.6) is 0 Å². The van der Waals surface area contributed by atoms with Gasteiger partial charge in [-0.15, -0.1) is 0 Å². The van der Waals surface area contributed by atoms with Gasteiger partial charge >= 0.3 is 18.3 Å². The molecule has 0 radical (unpaired) electrons. The summed E-state index contributed by atoms with van der Waals surface area (Å²) in [6.45, 7) is 16.2. The second-order valence-corrected chi connectivity index (χ2v) is 13.7. The lowest BCUT2D eigenvalue weighted by Crippen LogP contribution is -2.47. The van der Waals surface area contributed by atoms with Gasteiger partial charge in [0.05, 0.1) is 5.69 Å². The summed E-state index contributed by atoms with van der Waals surface area (Å²) in [6, 6.07) is 14.9. The van der Waals surface area contributed by atoms with Crippen LogP contribution < -0.4 is 21.3 Å². The van der Waals surface area contributed by atoms with Crippen molar-refractivity contribution in [3.63, 3.8) is 0 Å². The van der Waals surface area contributed by atoms with E-state index in [-0.39, 0.29) is 11.9 Å². The van der Waals surface area contributed by atoms with Gasteiger partial charge in [0.25, 0.3) is 0 Å². The summed E-state index contributed by atoms with van der Waals surface area (Å²) in [6.07, 6.45) is 0.275. The number of carbonyl (C=O) groups is 4. The molecule has 0 aliphatic carbocycles. The van der Waals surface area contributed by atoms with E-state index in [9.17, 15) is 19.2 Å². The van der Waals surface area contributed by atoms with E-state index in [0.717, 1.165) is 11.1 Å². The van der Waals surface area contributed by atoms with Crippen LogP contribution in [0.3, 0.4) is 0 Å². The van der Waals surface area contributed by atoms with Crippen LogP contribution in [0, 0.1) is 0 Å². The SMILES string of the molecule is CC(C)(C)OC(=O)NCCCCC(=O)Nc1ccc(Cc2ccc(N=C(NC(=O)OC(C)(C)C)NC(=O)OC(C)(C)C)cc2)cc1. The molecule has 252 valence electrons. The van der Waals surface area contributed by atoms with E-state index in [1.807, 2.05) is 36.4 Å². The number of ether oxygens (including phenoxy) is 3. The van der Waals surface area contributed by atoms with E-state index in [1.165, 1.54) is 0 Å². The van der Waals surface area contributed by atoms with Crippen LogP contribution in [0.2, 0.25) is 0 Å². The summed E-state index contributed by atoms with van der Waals surface area (Å²) < 4.78 is 15.8. The number of anilines is 1. The monoisotopic (exact) mass is 639 g/mol. The van der Waals surface area contributed by atoms with Crippen LogP contribution >= 0.6 is 0 Å². The Labute approximate surface area is 272 Å². The third-order valence-corrected chi connectivity index (χ3v) is 5.56. The van der Waals surface area contributed by atoms with E-state index in [0.29, 0.717) is 43.6 Å². The van der Waals surface area contributed by atoms with Gasteiger partial charge in [0, 0.05) is 18.7 Å². The summed E-state index contributed by atoms with van der Waals surface area (Å²) in [5.41, 5.74) is 1.22. The first-order valence-electron chi connectivity index (χ1n) is 15.3. The highest BCUT2D eigenvalue weighted by Crippen LogP contribution is 2.18. The second-order valence-electron chi connectivity index (χ2n) is 13.7. The predicted octanol–water partition coefficient (Wildman–Crippen LogP) is 6.95. The number of carbonyl (C=O) groups excluding carboxylic acids is 4. The fourth-order valence-corrected chi connectivity index (χ4v) is 3.79. The average molecular weight is 640 g/mol. The van der Waals surface area contributed by atoms with Gasteiger partial charge < -0.3 is 24.8 Å². The lowest BCUT2D eigenvalue weighted by Gasteiger charge is -2.22. The molecule has 0 spiro atoms. The normalized spacial score (nSPS) is 11.5. The first kappa shape index (κ1) is 37.6. The van der Waals surface area contributed by atoms with Crippen molar-refractivity contribution in [2.24, 2.45) is 4.99 Å². The van der Waals surface area contributed by atoms with E-state index in [4.69, 9.17) is 14.2 Å². The van der Waals surface area contributed by atoms with Crippen molar-refractivity contribution in [2.45, 2.75) is 105 Å². The molecule has 0 aliphatic rings. The number of nitrogens with zero attached hydrogens (tertiary/aromatic N) is 1. The molecule has 0 bridgehead atoms. The molecule has 0 aromatic heterocycles. The highest BCUT2D eigenvalue weighted by Gasteiger charge is 2.21. The zero-order valence-corrected chi connectivity index (χ0v) is 28.5. The van der Waals surface area contributed by atoms with E-state index in [1.54, 1.807) is 74.4 Å². The third kappa shape index (κ3) is 17.0. The van der Waals surface area contributed by atoms with Gasteiger partial charge in [0.1, 0.15) is 16.8 Å². The molecule has 4 N–H and O–H groups in total. The number of benzene rings is 2. The quantitative estimate of drug-likeness (QED) is 0.100. The molecule has 12 heteroatoms. The maximum atomic E-state index is 12.3. The van der Waals surface area contributed by atoms with Gasteiger partial charge in [-0.3, -0.25) is 15.4 Å². The largest absolute Gasteiger partial charge is 0.444 e. The number of rotatable bonds is 9. The van der Waals surface area contributed by atoms with Crippen LogP contribution in [0.4, 0.5) is 25.8 Å². The Kier molecular flexibility index (Phi) is 13.6. The topological polar surface area (TPSA) is 156 Å². The van der Waals surface area contributed by atoms with Gasteiger partial charge in [0.2, 0.25) is 11.9 Å². The number of guanidine groups is 1. The molecule has 12 nitrogen and oxygen atoms in total. The second kappa shape index (κ2) is 16.6. The third-order valence-electron chi connectivity index (χ3n) is 5.56. The summed E-state index contributed by atoms with van der Waals surface area (Å²) in [5, 5.41) is 10.5. The van der Waals surface area contributed by atoms with Crippen molar-refractivity contribution in [1.29, 1.82) is 0 Å². The maximum Gasteiger partial charge on any atom is 0.414 e. The number of hydrogen-bond acceptors (Lipinski definition) is 8. The summed E-state index contributed by atoms with van der Waals surface area (Å²) in [4.78, 5) is 53.1. The maximum absolute atomic E-state index is 12.3. The summed E-state index contributed by atoms with van der Waals surface area (Å²) in [5.74, 6) is -0.228. The van der Waals surface area contributed by atoms with Gasteiger partial charge in [0.15, 0.2) is 0 Å². The molecule has 0 saturated carbocycles. The fraction of sp³-hybridized carbons (Fsp3) is 0.500. The molecule has 0 fully saturated rings. The smallest absolute Gasteiger partial charge is 0.414 e. The minimum atomic E-state index is -0.772. The van der Waals surface area contributed by atoms with Gasteiger partial charge in [-0.05, 0) is 117 Å². The number of aliphatic imine (C=N–C) groups is 1. The Balaban J connectivity index is 1.92. The summed E-state index contributed by atoms with van der Waals surface area (Å²) >= 11 is 0. The van der Waals surface area contributed by atoms with Crippen LogP contribution in [0.15, 0.2) is 53.5 Å². The standard InChI is InChI=1S/C34H49N5O7/c1-32(2,3)44-29(41)35-21-11-10-12-27(40)36-25-17-13-23(14-18-25)22-24-15-19-26(20-16-24)37-28(38-30(42)45-33(4,5)6)39-31(43)46-34(7,8)9/h13-20H,10-12,21-22H2,1-9H3,(H,35,41)(H,36,40)(H2,37,38,39,42,43). The van der Waals surface area contributed by atoms with Gasteiger partial charge in [-0.1, -0.05) is 24.3 Å². The van der Waals surface area contributed by atoms with E-state index < -0.39 is 35.1 Å². The molecule has 0 unspecified atom stereocenters. The lowest BCUT2D eigenvalue weighted by molar-refractivity contribution is -0.116. The van der Waals surface area contributed by atoms with Crippen molar-refractivity contribution in [1.82, 2.24) is 16.0 Å². The van der Waals surface area contributed by atoms with Gasteiger partial charge in [-0.25, -0.2) is 19.4 Å². The Bertz CT molecular complexity index is 1320. The highest BCUT2D eigenvalue weighted by molar-refractivity contribution is 6.02. The Morgan fingerprint density at radius 1 is 0.630 bits per heavy atom. The molecule has 4 amide bonds. The van der Waals surface area contributed by atoms with E-state index in [2.05, 4.69) is 26.3 Å². The number of unbranched alkanes of at least 4 members (excludes halogenated alkanes) is 1. The van der Waals surface area contributed by atoms with Crippen molar-refractivity contribution in [2.75, 3.05) is 11.9 Å². The predicted molar refractivity (Wildman–Crippen MR) is 178 cm³/mol. The van der Waals surface area contributed by atoms with Crippen molar-refractivity contribution < 1.29 is 33.4 Å². The number of alkyl carbamates (subject to hydrolysis) is 3. The molecule has 0 aliphatic heterocycles. The lowest BCUT2D eigenvalue weighted by atomic mass is 10.0. The molecule has 2 rings (SSSR count). The van der Waals surface area contributed by atoms with E-state index >= 15 is 0 Å². The number of nitrogens with one attached hydrogen (secondary N) is 4. The number of hydrogen-bond donors (Lipinski definition) is 4. The first-order valence-corrected chi connectivity index (χ1v) is 15.3. The van der Waals surface area contributed by atoms with Crippen LogP contribution in [0.1, 0.15) is 92.7 Å². The molecule has 0 heterocycles. The molecular weight excluding hydrogens is 590 g/mol. The minimum Gasteiger partial charge on any atom is -0.444 e. The molecule has 46 heavy (non-hydrogen) atoms. The zero-order valence-electron chi connectivity index (χ0n) is 28.5. The molecule has 2 aromatic carbocycles. The molecule has 0 atom stereocenters. The summed E-state index contributed by atoms with van der Waals surface area (Å²) in [7, 11) is 0. The first-order chi connectivity index (χ1) is 21.3. The van der Waals surface area contributed by atoms with Crippen LogP contribution in [-0.4, -0.2) is 53.5 Å². The zero-order chi connectivity index (χ0) is 34.5.